The lowest BCUT2D eigenvalue weighted by molar-refractivity contribution is 0.660. The summed E-state index contributed by atoms with van der Waals surface area (Å²) in [4.78, 5) is 0. The third kappa shape index (κ3) is 4.52. The second-order valence-corrected chi connectivity index (χ2v) is 16.7. The molecule has 0 unspecified atom stereocenters. The number of benzene rings is 10. The maximum Gasteiger partial charge on any atom is 0.143 e. The van der Waals surface area contributed by atoms with Crippen molar-refractivity contribution in [2.75, 3.05) is 0 Å². The largest absolute Gasteiger partial charge is 0.456 e. The maximum atomic E-state index is 6.84. The fourth-order valence-corrected chi connectivity index (χ4v) is 10.5. The van der Waals surface area contributed by atoms with Crippen molar-refractivity contribution in [3.63, 3.8) is 0 Å². The summed E-state index contributed by atoms with van der Waals surface area (Å²) in [6.45, 7) is 4.75. The van der Waals surface area contributed by atoms with Gasteiger partial charge in [0.05, 0.1) is 0 Å². The van der Waals surface area contributed by atoms with Gasteiger partial charge in [-0.3, -0.25) is 0 Å². The second kappa shape index (κ2) is 11.8. The van der Waals surface area contributed by atoms with Gasteiger partial charge in [0.15, 0.2) is 0 Å². The van der Waals surface area contributed by atoms with Crippen molar-refractivity contribution < 1.29 is 8.83 Å². The Balaban J connectivity index is 0.965. The number of hydrogen-bond donors (Lipinski definition) is 0. The van der Waals surface area contributed by atoms with Gasteiger partial charge in [-0.25, -0.2) is 0 Å². The van der Waals surface area contributed by atoms with Gasteiger partial charge >= 0.3 is 0 Å². The highest BCUT2D eigenvalue weighted by Crippen LogP contribution is 2.53. The predicted octanol–water partition coefficient (Wildman–Crippen LogP) is 16.3. The van der Waals surface area contributed by atoms with Crippen molar-refractivity contribution in [3.05, 3.63) is 193 Å². The van der Waals surface area contributed by atoms with Gasteiger partial charge in [0.1, 0.15) is 22.3 Å². The lowest BCUT2D eigenvalue weighted by Crippen LogP contribution is -2.15. The van der Waals surface area contributed by atoms with Crippen LogP contribution < -0.4 is 0 Å². The molecule has 0 N–H and O–H groups in total. The molecule has 2 heteroatoms. The molecule has 10 aromatic carbocycles. The first-order valence-corrected chi connectivity index (χ1v) is 20.5. The molecular weight excluding hydrogens is 717 g/mol. The van der Waals surface area contributed by atoms with E-state index in [1.807, 2.05) is 0 Å². The van der Waals surface area contributed by atoms with E-state index in [-0.39, 0.29) is 5.41 Å². The quantitative estimate of drug-likeness (QED) is 0.168. The van der Waals surface area contributed by atoms with Crippen molar-refractivity contribution >= 4 is 76.2 Å². The highest BCUT2D eigenvalue weighted by atomic mass is 16.3. The molecule has 59 heavy (non-hydrogen) atoms. The molecule has 0 atom stereocenters. The Kier molecular flexibility index (Phi) is 6.54. The van der Waals surface area contributed by atoms with E-state index in [1.165, 1.54) is 76.8 Å². The van der Waals surface area contributed by atoms with E-state index in [2.05, 4.69) is 196 Å². The lowest BCUT2D eigenvalue weighted by atomic mass is 9.80. The van der Waals surface area contributed by atoms with E-state index < -0.39 is 0 Å². The zero-order valence-corrected chi connectivity index (χ0v) is 32.6. The summed E-state index contributed by atoms with van der Waals surface area (Å²) in [5.41, 5.74) is 15.9. The summed E-state index contributed by atoms with van der Waals surface area (Å²) < 4.78 is 13.3. The van der Waals surface area contributed by atoms with Crippen LogP contribution in [0.25, 0.3) is 121 Å². The number of fused-ring (bicyclic) bond motifs is 13. The second-order valence-electron chi connectivity index (χ2n) is 16.7. The molecule has 2 heterocycles. The number of para-hydroxylation sites is 1. The molecule has 276 valence electrons. The van der Waals surface area contributed by atoms with E-state index in [0.29, 0.717) is 0 Å². The molecule has 12 aromatic rings. The Morgan fingerprint density at radius 1 is 0.339 bits per heavy atom. The van der Waals surface area contributed by atoms with E-state index in [9.17, 15) is 0 Å². The van der Waals surface area contributed by atoms with E-state index in [1.54, 1.807) is 0 Å². The molecule has 0 aliphatic heterocycles. The molecule has 1 aliphatic rings. The topological polar surface area (TPSA) is 26.3 Å². The summed E-state index contributed by atoms with van der Waals surface area (Å²) in [7, 11) is 0. The summed E-state index contributed by atoms with van der Waals surface area (Å²) in [6, 6.07) is 66.4. The van der Waals surface area contributed by atoms with Crippen LogP contribution in [0.2, 0.25) is 0 Å². The van der Waals surface area contributed by atoms with Crippen molar-refractivity contribution in [3.8, 4) is 44.5 Å². The Morgan fingerprint density at radius 2 is 0.966 bits per heavy atom. The van der Waals surface area contributed by atoms with Crippen LogP contribution in [0.3, 0.4) is 0 Å². The van der Waals surface area contributed by atoms with Gasteiger partial charge < -0.3 is 8.83 Å². The molecule has 1 aliphatic carbocycles. The standard InChI is InChI=1S/C57H36O2/c1-57(2)48-27-24-35(38-21-12-22-44-46-31-52-47(32-51(46)59-56(38)44)55-37-16-7-6-13-33(37)25-28-50(55)58-52)29-45(48)39-26-23-36(30-49(39)57)54-42-19-10-8-17-40(42)53(34-14-4-3-5-15-34)41-18-9-11-20-43(41)54/h3-32H,1-2H3. The molecule has 0 saturated heterocycles. The first kappa shape index (κ1) is 32.6. The smallest absolute Gasteiger partial charge is 0.143 e. The maximum absolute atomic E-state index is 6.84. The number of hydrogen-bond acceptors (Lipinski definition) is 2. The molecule has 0 bridgehead atoms. The third-order valence-corrected chi connectivity index (χ3v) is 13.2. The van der Waals surface area contributed by atoms with E-state index in [0.717, 1.165) is 55.0 Å². The Morgan fingerprint density at radius 3 is 1.73 bits per heavy atom. The van der Waals surface area contributed by atoms with Gasteiger partial charge in [0.2, 0.25) is 0 Å². The normalized spacial score (nSPS) is 13.4. The minimum Gasteiger partial charge on any atom is -0.456 e. The van der Waals surface area contributed by atoms with Crippen molar-refractivity contribution in [2.24, 2.45) is 0 Å². The average molecular weight is 753 g/mol. The minimum absolute atomic E-state index is 0.179. The van der Waals surface area contributed by atoms with E-state index in [4.69, 9.17) is 8.83 Å². The van der Waals surface area contributed by atoms with Crippen molar-refractivity contribution in [1.82, 2.24) is 0 Å². The molecule has 0 fully saturated rings. The van der Waals surface area contributed by atoms with Crippen LogP contribution in [0.1, 0.15) is 25.0 Å². The van der Waals surface area contributed by atoms with E-state index >= 15 is 0 Å². The lowest BCUT2D eigenvalue weighted by Gasteiger charge is -2.23. The zero-order valence-electron chi connectivity index (χ0n) is 32.6. The molecule has 0 spiro atoms. The number of furan rings is 2. The minimum atomic E-state index is -0.179. The van der Waals surface area contributed by atoms with Gasteiger partial charge in [-0.05, 0) is 113 Å². The average Bonchev–Trinajstić information content (AvgIpc) is 3.91. The van der Waals surface area contributed by atoms with Crippen LogP contribution in [0.5, 0.6) is 0 Å². The third-order valence-electron chi connectivity index (χ3n) is 13.2. The van der Waals surface area contributed by atoms with Crippen molar-refractivity contribution in [1.29, 1.82) is 0 Å². The molecule has 13 rings (SSSR count). The fraction of sp³-hybridized carbons (Fsp3) is 0.0526. The number of rotatable bonds is 3. The highest BCUT2D eigenvalue weighted by Gasteiger charge is 2.36. The zero-order chi connectivity index (χ0) is 39.0. The van der Waals surface area contributed by atoms with Crippen LogP contribution >= 0.6 is 0 Å². The van der Waals surface area contributed by atoms with Crippen LogP contribution in [0.4, 0.5) is 0 Å². The molecular formula is C57H36O2. The first-order valence-electron chi connectivity index (χ1n) is 20.5. The first-order chi connectivity index (χ1) is 29.0. The van der Waals surface area contributed by atoms with Gasteiger partial charge in [0, 0.05) is 32.5 Å². The molecule has 2 nitrogen and oxygen atoms in total. The predicted molar refractivity (Wildman–Crippen MR) is 247 cm³/mol. The summed E-state index contributed by atoms with van der Waals surface area (Å²) in [6.07, 6.45) is 0. The Hall–Kier alpha value is -7.42. The summed E-state index contributed by atoms with van der Waals surface area (Å²) >= 11 is 0. The SMILES string of the molecule is CC1(C)c2ccc(-c3cccc4c3oc3cc5c(cc34)oc3ccc4ccccc4c35)cc2-c2ccc(-c3c4ccccc4c(-c4ccccc4)c4ccccc34)cc21. The van der Waals surface area contributed by atoms with Crippen LogP contribution in [0.15, 0.2) is 191 Å². The molecule has 0 saturated carbocycles. The monoisotopic (exact) mass is 752 g/mol. The van der Waals surface area contributed by atoms with Gasteiger partial charge in [-0.2, -0.15) is 0 Å². The Labute approximate surface area is 340 Å². The fourth-order valence-electron chi connectivity index (χ4n) is 10.5. The highest BCUT2D eigenvalue weighted by molar-refractivity contribution is 6.23. The van der Waals surface area contributed by atoms with Gasteiger partial charge in [0.25, 0.3) is 0 Å². The summed E-state index contributed by atoms with van der Waals surface area (Å²) in [5, 5.41) is 11.8. The van der Waals surface area contributed by atoms with Crippen LogP contribution in [-0.4, -0.2) is 0 Å². The van der Waals surface area contributed by atoms with Crippen LogP contribution in [0, 0.1) is 0 Å². The Bertz CT molecular complexity index is 3690. The molecule has 0 radical (unpaired) electrons. The molecule has 2 aromatic heterocycles. The molecule has 0 amide bonds. The van der Waals surface area contributed by atoms with Gasteiger partial charge in [-0.1, -0.05) is 166 Å². The summed E-state index contributed by atoms with van der Waals surface area (Å²) in [5.74, 6) is 0. The van der Waals surface area contributed by atoms with Crippen molar-refractivity contribution in [2.45, 2.75) is 19.3 Å². The van der Waals surface area contributed by atoms with Crippen LogP contribution in [-0.2, 0) is 5.41 Å². The van der Waals surface area contributed by atoms with Gasteiger partial charge in [-0.15, -0.1) is 0 Å².